The zero-order valence-electron chi connectivity index (χ0n) is 13.9. The summed E-state index contributed by atoms with van der Waals surface area (Å²) < 4.78 is 14.5. The third-order valence-corrected chi connectivity index (χ3v) is 4.88. The molecule has 3 aromatic rings. The molecule has 2 aromatic carbocycles. The highest BCUT2D eigenvalue weighted by Gasteiger charge is 2.28. The van der Waals surface area contributed by atoms with Gasteiger partial charge in [0, 0.05) is 46.4 Å². The maximum absolute atomic E-state index is 6.01. The van der Waals surface area contributed by atoms with Gasteiger partial charge in [-0.1, -0.05) is 28.1 Å². The first-order chi connectivity index (χ1) is 12.2. The molecule has 1 unspecified atom stereocenters. The van der Waals surface area contributed by atoms with Gasteiger partial charge in [-0.05, 0) is 36.4 Å². The van der Waals surface area contributed by atoms with E-state index in [0.29, 0.717) is 6.61 Å². The summed E-state index contributed by atoms with van der Waals surface area (Å²) in [5.74, 6) is 0.856. The molecule has 0 aliphatic carbocycles. The van der Waals surface area contributed by atoms with E-state index in [1.54, 1.807) is 7.11 Å². The van der Waals surface area contributed by atoms with E-state index in [0.717, 1.165) is 33.7 Å². The van der Waals surface area contributed by atoms with Crippen molar-refractivity contribution in [2.24, 2.45) is 0 Å². The average Bonchev–Trinajstić information content (AvgIpc) is 3.31. The van der Waals surface area contributed by atoms with Gasteiger partial charge in [0.05, 0.1) is 13.7 Å². The zero-order chi connectivity index (χ0) is 17.2. The fraction of sp³-hybridized carbons (Fsp3) is 0.200. The number of hydrogen-bond donors (Lipinski definition) is 0. The van der Waals surface area contributed by atoms with Crippen molar-refractivity contribution in [3.63, 3.8) is 0 Å². The molecule has 1 fully saturated rings. The maximum Gasteiger partial charge on any atom is 0.158 e. The molecular weight excluding hydrogens is 380 g/mol. The van der Waals surface area contributed by atoms with Gasteiger partial charge in [0.1, 0.15) is 5.75 Å². The zero-order valence-corrected chi connectivity index (χ0v) is 15.5. The SMILES string of the molecule is COc1cccc(N2CCOC2c2ccn(-c3cccc(Br)c3)c2)c1. The summed E-state index contributed by atoms with van der Waals surface area (Å²) in [5.41, 5.74) is 3.36. The Kier molecular flexibility index (Phi) is 4.51. The van der Waals surface area contributed by atoms with Gasteiger partial charge in [-0.3, -0.25) is 0 Å². The fourth-order valence-electron chi connectivity index (χ4n) is 3.16. The van der Waals surface area contributed by atoms with Gasteiger partial charge in [-0.15, -0.1) is 0 Å². The molecular formula is C20H19BrN2O2. The number of ether oxygens (including phenoxy) is 2. The first-order valence-corrected chi connectivity index (χ1v) is 9.00. The van der Waals surface area contributed by atoms with E-state index in [4.69, 9.17) is 9.47 Å². The Morgan fingerprint density at radius 3 is 2.76 bits per heavy atom. The molecule has 128 valence electrons. The summed E-state index contributed by atoms with van der Waals surface area (Å²) in [6, 6.07) is 18.5. The van der Waals surface area contributed by atoms with Crippen molar-refractivity contribution in [1.82, 2.24) is 4.57 Å². The number of methoxy groups -OCH3 is 1. The third kappa shape index (κ3) is 3.30. The Morgan fingerprint density at radius 1 is 1.08 bits per heavy atom. The van der Waals surface area contributed by atoms with Crippen molar-refractivity contribution < 1.29 is 9.47 Å². The molecule has 5 heteroatoms. The molecule has 0 radical (unpaired) electrons. The topological polar surface area (TPSA) is 26.6 Å². The van der Waals surface area contributed by atoms with E-state index >= 15 is 0 Å². The largest absolute Gasteiger partial charge is 0.497 e. The van der Waals surface area contributed by atoms with Crippen LogP contribution in [0.3, 0.4) is 0 Å². The molecule has 1 aliphatic heterocycles. The Morgan fingerprint density at radius 2 is 1.92 bits per heavy atom. The lowest BCUT2D eigenvalue weighted by molar-refractivity contribution is 0.114. The lowest BCUT2D eigenvalue weighted by Gasteiger charge is -2.25. The molecule has 0 spiro atoms. The molecule has 4 rings (SSSR count). The molecule has 1 saturated heterocycles. The van der Waals surface area contributed by atoms with Crippen molar-refractivity contribution in [2.75, 3.05) is 25.2 Å². The van der Waals surface area contributed by atoms with Crippen LogP contribution in [0.4, 0.5) is 5.69 Å². The van der Waals surface area contributed by atoms with Crippen molar-refractivity contribution in [3.8, 4) is 11.4 Å². The van der Waals surface area contributed by atoms with Crippen LogP contribution in [0.1, 0.15) is 11.8 Å². The standard InChI is InChI=1S/C20H19BrN2O2/c1-24-19-7-3-6-18(13-19)23-10-11-25-20(23)15-8-9-22(14-15)17-5-2-4-16(21)12-17/h2-9,12-14,20H,10-11H2,1H3. The fourth-order valence-corrected chi connectivity index (χ4v) is 3.54. The van der Waals surface area contributed by atoms with Gasteiger partial charge in [0.25, 0.3) is 0 Å². The van der Waals surface area contributed by atoms with Crippen LogP contribution in [0, 0.1) is 0 Å². The molecule has 1 aromatic heterocycles. The van der Waals surface area contributed by atoms with Crippen molar-refractivity contribution >= 4 is 21.6 Å². The van der Waals surface area contributed by atoms with E-state index < -0.39 is 0 Å². The van der Waals surface area contributed by atoms with Crippen molar-refractivity contribution in [2.45, 2.75) is 6.23 Å². The first kappa shape index (κ1) is 16.2. The monoisotopic (exact) mass is 398 g/mol. The smallest absolute Gasteiger partial charge is 0.158 e. The number of aromatic nitrogens is 1. The number of halogens is 1. The second-order valence-electron chi connectivity index (χ2n) is 5.95. The van der Waals surface area contributed by atoms with Crippen LogP contribution in [0.25, 0.3) is 5.69 Å². The van der Waals surface area contributed by atoms with Crippen LogP contribution in [-0.4, -0.2) is 24.8 Å². The molecule has 0 saturated carbocycles. The number of nitrogens with zero attached hydrogens (tertiary/aromatic N) is 2. The quantitative estimate of drug-likeness (QED) is 0.632. The van der Waals surface area contributed by atoms with E-state index in [1.807, 2.05) is 30.3 Å². The van der Waals surface area contributed by atoms with Crippen LogP contribution < -0.4 is 9.64 Å². The highest BCUT2D eigenvalue weighted by Crippen LogP contribution is 2.34. The summed E-state index contributed by atoms with van der Waals surface area (Å²) >= 11 is 3.53. The molecule has 1 aliphatic rings. The normalized spacial score (nSPS) is 17.0. The lowest BCUT2D eigenvalue weighted by Crippen LogP contribution is -2.22. The summed E-state index contributed by atoms with van der Waals surface area (Å²) in [5, 5.41) is 0. The number of benzene rings is 2. The van der Waals surface area contributed by atoms with Crippen molar-refractivity contribution in [1.29, 1.82) is 0 Å². The van der Waals surface area contributed by atoms with E-state index in [-0.39, 0.29) is 6.23 Å². The minimum atomic E-state index is -0.0829. The van der Waals surface area contributed by atoms with Gasteiger partial charge in [-0.2, -0.15) is 0 Å². The van der Waals surface area contributed by atoms with Crippen LogP contribution in [0.2, 0.25) is 0 Å². The van der Waals surface area contributed by atoms with E-state index in [1.165, 1.54) is 0 Å². The number of anilines is 1. The van der Waals surface area contributed by atoms with Crippen LogP contribution in [0.15, 0.2) is 71.5 Å². The molecule has 25 heavy (non-hydrogen) atoms. The highest BCUT2D eigenvalue weighted by molar-refractivity contribution is 9.10. The Hall–Kier alpha value is -2.24. The van der Waals surface area contributed by atoms with E-state index in [9.17, 15) is 0 Å². The summed E-state index contributed by atoms with van der Waals surface area (Å²) in [4.78, 5) is 2.27. The van der Waals surface area contributed by atoms with Crippen LogP contribution in [-0.2, 0) is 4.74 Å². The second-order valence-corrected chi connectivity index (χ2v) is 6.87. The predicted octanol–water partition coefficient (Wildman–Crippen LogP) is 4.78. The number of rotatable bonds is 4. The van der Waals surface area contributed by atoms with Gasteiger partial charge in [0.2, 0.25) is 0 Å². The van der Waals surface area contributed by atoms with Gasteiger partial charge < -0.3 is 18.9 Å². The maximum atomic E-state index is 6.01. The second kappa shape index (κ2) is 6.94. The molecule has 4 nitrogen and oxygen atoms in total. The average molecular weight is 399 g/mol. The minimum Gasteiger partial charge on any atom is -0.497 e. The van der Waals surface area contributed by atoms with Gasteiger partial charge in [0.15, 0.2) is 6.23 Å². The molecule has 0 N–H and O–H groups in total. The molecule has 0 amide bonds. The number of hydrogen-bond acceptors (Lipinski definition) is 3. The molecule has 1 atom stereocenters. The summed E-state index contributed by atoms with van der Waals surface area (Å²) in [6.07, 6.45) is 4.12. The first-order valence-electron chi connectivity index (χ1n) is 8.21. The Labute approximate surface area is 155 Å². The van der Waals surface area contributed by atoms with Crippen LogP contribution in [0.5, 0.6) is 5.75 Å². The van der Waals surface area contributed by atoms with E-state index in [2.05, 4.69) is 62.1 Å². The summed E-state index contributed by atoms with van der Waals surface area (Å²) in [6.45, 7) is 1.57. The predicted molar refractivity (Wildman–Crippen MR) is 103 cm³/mol. The molecule has 0 bridgehead atoms. The Balaban J connectivity index is 1.62. The van der Waals surface area contributed by atoms with Crippen molar-refractivity contribution in [3.05, 3.63) is 77.0 Å². The third-order valence-electron chi connectivity index (χ3n) is 4.38. The van der Waals surface area contributed by atoms with Gasteiger partial charge in [-0.25, -0.2) is 0 Å². The lowest BCUT2D eigenvalue weighted by atomic mass is 10.2. The summed E-state index contributed by atoms with van der Waals surface area (Å²) in [7, 11) is 1.69. The van der Waals surface area contributed by atoms with Gasteiger partial charge >= 0.3 is 0 Å². The Bertz CT molecular complexity index is 877. The minimum absolute atomic E-state index is 0.0829. The highest BCUT2D eigenvalue weighted by atomic mass is 79.9. The molecule has 2 heterocycles. The van der Waals surface area contributed by atoms with Crippen LogP contribution >= 0.6 is 15.9 Å².